The number of rotatable bonds is 3. The van der Waals surface area contributed by atoms with E-state index < -0.39 is 27.1 Å². The maximum absolute atomic E-state index is 14.0. The molecular formula is C16H20ClFN2O3S. The number of nitrogens with zero attached hydrogens (tertiary/aromatic N) is 2. The first-order chi connectivity index (χ1) is 11.3. The van der Waals surface area contributed by atoms with Crippen LogP contribution in [-0.4, -0.2) is 49.2 Å². The van der Waals surface area contributed by atoms with Crippen LogP contribution in [0.1, 0.15) is 31.2 Å². The zero-order chi connectivity index (χ0) is 17.5. The molecule has 1 aromatic carbocycles. The summed E-state index contributed by atoms with van der Waals surface area (Å²) in [7, 11) is -2.11. The second-order valence-corrected chi connectivity index (χ2v) is 8.86. The van der Waals surface area contributed by atoms with Gasteiger partial charge in [-0.2, -0.15) is 4.31 Å². The van der Waals surface area contributed by atoms with Crippen LogP contribution in [0.5, 0.6) is 0 Å². The summed E-state index contributed by atoms with van der Waals surface area (Å²) in [5, 5.41) is 0.218. The monoisotopic (exact) mass is 374 g/mol. The number of hydrogen-bond donors (Lipinski definition) is 0. The summed E-state index contributed by atoms with van der Waals surface area (Å²) in [5.41, 5.74) is -0.924. The van der Waals surface area contributed by atoms with Crippen LogP contribution in [0.25, 0.3) is 0 Å². The van der Waals surface area contributed by atoms with Crippen LogP contribution in [0.15, 0.2) is 18.2 Å². The van der Waals surface area contributed by atoms with Gasteiger partial charge in [0.15, 0.2) is 0 Å². The quantitative estimate of drug-likeness (QED) is 0.816. The van der Waals surface area contributed by atoms with Gasteiger partial charge in [-0.1, -0.05) is 17.7 Å². The summed E-state index contributed by atoms with van der Waals surface area (Å²) in [6, 6.07) is 3.95. The number of likely N-dealkylation sites (N-methyl/N-ethyl adjacent to an activating group) is 1. The first-order valence-electron chi connectivity index (χ1n) is 7.96. The maximum atomic E-state index is 14.0. The van der Waals surface area contributed by atoms with Crippen molar-refractivity contribution in [2.45, 2.75) is 37.0 Å². The first-order valence-corrected chi connectivity index (χ1v) is 9.95. The molecule has 1 unspecified atom stereocenters. The van der Waals surface area contributed by atoms with Gasteiger partial charge in [-0.05, 0) is 37.8 Å². The maximum Gasteiger partial charge on any atom is 0.243 e. The lowest BCUT2D eigenvalue weighted by atomic mass is 9.87. The molecule has 2 fully saturated rings. The number of likely N-dealkylation sites (tertiary alicyclic amines) is 1. The van der Waals surface area contributed by atoms with E-state index in [1.54, 1.807) is 11.9 Å². The zero-order valence-corrected chi connectivity index (χ0v) is 15.0. The van der Waals surface area contributed by atoms with Gasteiger partial charge in [-0.25, -0.2) is 12.8 Å². The highest BCUT2D eigenvalue weighted by Crippen LogP contribution is 2.40. The zero-order valence-electron chi connectivity index (χ0n) is 13.5. The van der Waals surface area contributed by atoms with Crippen LogP contribution in [0.3, 0.4) is 0 Å². The summed E-state index contributed by atoms with van der Waals surface area (Å²) < 4.78 is 41.2. The summed E-state index contributed by atoms with van der Waals surface area (Å²) in [5.74, 6) is -1.26. The minimum Gasteiger partial charge on any atom is -0.344 e. The Balaban J connectivity index is 1.92. The Morgan fingerprint density at radius 1 is 1.25 bits per heavy atom. The van der Waals surface area contributed by atoms with Crippen molar-refractivity contribution < 1.29 is 17.6 Å². The van der Waals surface area contributed by atoms with E-state index in [1.165, 1.54) is 16.4 Å². The molecule has 1 aromatic rings. The van der Waals surface area contributed by atoms with Gasteiger partial charge >= 0.3 is 0 Å². The molecule has 1 amide bonds. The largest absolute Gasteiger partial charge is 0.344 e. The number of halogens is 2. The molecule has 0 saturated carbocycles. The molecule has 0 bridgehead atoms. The van der Waals surface area contributed by atoms with Crippen molar-refractivity contribution >= 4 is 27.5 Å². The topological polar surface area (TPSA) is 57.7 Å². The molecule has 24 heavy (non-hydrogen) atoms. The molecule has 2 aliphatic heterocycles. The van der Waals surface area contributed by atoms with Crippen LogP contribution in [-0.2, 0) is 20.6 Å². The molecule has 2 saturated heterocycles. The molecule has 2 aliphatic rings. The Kier molecular flexibility index (Phi) is 4.61. The fourth-order valence-corrected chi connectivity index (χ4v) is 5.95. The average Bonchev–Trinajstić information content (AvgIpc) is 2.93. The third-order valence-corrected chi connectivity index (χ3v) is 7.06. The van der Waals surface area contributed by atoms with Gasteiger partial charge in [-0.3, -0.25) is 4.79 Å². The van der Waals surface area contributed by atoms with Crippen LogP contribution < -0.4 is 0 Å². The molecular weight excluding hydrogens is 355 g/mol. The lowest BCUT2D eigenvalue weighted by Crippen LogP contribution is -2.60. The molecule has 0 aliphatic carbocycles. The average molecular weight is 375 g/mol. The summed E-state index contributed by atoms with van der Waals surface area (Å²) in [6.07, 6.45) is 2.46. The molecule has 132 valence electrons. The molecule has 2 heterocycles. The van der Waals surface area contributed by atoms with Crippen LogP contribution in [0, 0.1) is 5.82 Å². The first kappa shape index (κ1) is 17.6. The van der Waals surface area contributed by atoms with E-state index in [1.807, 2.05) is 0 Å². The minimum absolute atomic E-state index is 0.0677. The van der Waals surface area contributed by atoms with Crippen molar-refractivity contribution in [3.05, 3.63) is 34.6 Å². The standard InChI is InChI=1S/C16H20ClFN2O3S/c1-19-8-2-6-16(15(19)21)7-3-9-20(16)24(22,23)11-12-4-5-13(17)10-14(12)18/h4-5,10H,2-3,6-9,11H2,1H3. The second-order valence-electron chi connectivity index (χ2n) is 6.53. The normalized spacial score (nSPS) is 25.6. The van der Waals surface area contributed by atoms with Gasteiger partial charge in [0.05, 0.1) is 5.75 Å². The lowest BCUT2D eigenvalue weighted by Gasteiger charge is -2.42. The second kappa shape index (κ2) is 6.28. The molecule has 5 nitrogen and oxygen atoms in total. The third kappa shape index (κ3) is 2.93. The molecule has 8 heteroatoms. The van der Waals surface area contributed by atoms with Gasteiger partial charge in [0.25, 0.3) is 0 Å². The summed E-state index contributed by atoms with van der Waals surface area (Å²) >= 11 is 5.72. The highest BCUT2D eigenvalue weighted by molar-refractivity contribution is 7.88. The van der Waals surface area contributed by atoms with Gasteiger partial charge in [0, 0.05) is 30.7 Å². The van der Waals surface area contributed by atoms with Crippen molar-refractivity contribution in [2.75, 3.05) is 20.1 Å². The van der Waals surface area contributed by atoms with Gasteiger partial charge in [-0.15, -0.1) is 0 Å². The fraction of sp³-hybridized carbons (Fsp3) is 0.562. The Labute approximate surface area is 146 Å². The highest BCUT2D eigenvalue weighted by Gasteiger charge is 2.54. The number of hydrogen-bond acceptors (Lipinski definition) is 3. The minimum atomic E-state index is -3.81. The molecule has 0 aromatic heterocycles. The Bertz CT molecular complexity index is 771. The Morgan fingerprint density at radius 3 is 2.58 bits per heavy atom. The van der Waals surface area contributed by atoms with Crippen molar-refractivity contribution in [2.24, 2.45) is 0 Å². The Morgan fingerprint density at radius 2 is 1.92 bits per heavy atom. The van der Waals surface area contributed by atoms with Gasteiger partial charge in [0.1, 0.15) is 11.4 Å². The SMILES string of the molecule is CN1CCCC2(CCCN2S(=O)(=O)Cc2ccc(Cl)cc2F)C1=O. The number of piperidine rings is 1. The molecule has 0 radical (unpaired) electrons. The highest BCUT2D eigenvalue weighted by atomic mass is 35.5. The predicted molar refractivity (Wildman–Crippen MR) is 89.6 cm³/mol. The van der Waals surface area contributed by atoms with E-state index in [4.69, 9.17) is 11.6 Å². The van der Waals surface area contributed by atoms with Gasteiger partial charge in [0.2, 0.25) is 15.9 Å². The molecule has 1 atom stereocenters. The molecule has 3 rings (SSSR count). The van der Waals surface area contributed by atoms with Crippen molar-refractivity contribution in [1.29, 1.82) is 0 Å². The summed E-state index contributed by atoms with van der Waals surface area (Å²) in [4.78, 5) is 14.3. The van der Waals surface area contributed by atoms with E-state index in [2.05, 4.69) is 0 Å². The van der Waals surface area contributed by atoms with E-state index in [9.17, 15) is 17.6 Å². The fourth-order valence-electron chi connectivity index (χ4n) is 3.81. The number of amides is 1. The van der Waals surface area contributed by atoms with Gasteiger partial charge < -0.3 is 4.90 Å². The van der Waals surface area contributed by atoms with Crippen LogP contribution in [0.2, 0.25) is 5.02 Å². The van der Waals surface area contributed by atoms with E-state index >= 15 is 0 Å². The smallest absolute Gasteiger partial charge is 0.243 e. The van der Waals surface area contributed by atoms with Crippen molar-refractivity contribution in [3.63, 3.8) is 0 Å². The lowest BCUT2D eigenvalue weighted by molar-refractivity contribution is -0.142. The summed E-state index contributed by atoms with van der Waals surface area (Å²) in [6.45, 7) is 0.942. The van der Waals surface area contributed by atoms with E-state index in [0.29, 0.717) is 32.4 Å². The van der Waals surface area contributed by atoms with E-state index in [-0.39, 0.29) is 16.5 Å². The van der Waals surface area contributed by atoms with E-state index in [0.717, 1.165) is 12.5 Å². The number of sulfonamides is 1. The predicted octanol–water partition coefficient (Wildman–Crippen LogP) is 2.40. The number of carbonyl (C=O) groups excluding carboxylic acids is 1. The number of carbonyl (C=O) groups is 1. The van der Waals surface area contributed by atoms with Crippen molar-refractivity contribution in [1.82, 2.24) is 9.21 Å². The third-order valence-electron chi connectivity index (χ3n) is 4.95. The molecule has 0 N–H and O–H groups in total. The van der Waals surface area contributed by atoms with Crippen molar-refractivity contribution in [3.8, 4) is 0 Å². The molecule has 1 spiro atoms. The van der Waals surface area contributed by atoms with Crippen LogP contribution in [0.4, 0.5) is 4.39 Å². The Hall–Kier alpha value is -1.18. The van der Waals surface area contributed by atoms with Crippen LogP contribution >= 0.6 is 11.6 Å². The number of benzene rings is 1.